The van der Waals surface area contributed by atoms with E-state index >= 15 is 0 Å². The predicted octanol–water partition coefficient (Wildman–Crippen LogP) is 1.96. The van der Waals surface area contributed by atoms with Crippen molar-refractivity contribution in [3.8, 4) is 0 Å². The van der Waals surface area contributed by atoms with Crippen molar-refractivity contribution in [1.82, 2.24) is 10.4 Å². The van der Waals surface area contributed by atoms with Crippen LogP contribution in [0, 0.1) is 5.41 Å². The van der Waals surface area contributed by atoms with Crippen molar-refractivity contribution in [2.75, 3.05) is 6.54 Å². The summed E-state index contributed by atoms with van der Waals surface area (Å²) in [6.07, 6.45) is 1.49. The van der Waals surface area contributed by atoms with Gasteiger partial charge in [0, 0.05) is 12.7 Å². The first-order chi connectivity index (χ1) is 5.41. The minimum absolute atomic E-state index is 0.0311. The average molecular weight is 176 g/mol. The summed E-state index contributed by atoms with van der Waals surface area (Å²) in [7, 11) is 0. The first-order valence-electron chi connectivity index (χ1n) is 3.92. The second kappa shape index (κ2) is 3.01. The first kappa shape index (κ1) is 9.45. The topological polar surface area (TPSA) is 15.3 Å². The summed E-state index contributed by atoms with van der Waals surface area (Å²) in [5.74, 6) is 0. The highest BCUT2D eigenvalue weighted by atomic mass is 19.3. The normalized spacial score (nSPS) is 18.8. The van der Waals surface area contributed by atoms with E-state index in [4.69, 9.17) is 0 Å². The SMILES string of the molecule is CC(C)(C)C1=CN(C(F)F)NC1. The fraction of sp³-hybridized carbons (Fsp3) is 0.750. The van der Waals surface area contributed by atoms with Crippen molar-refractivity contribution >= 4 is 0 Å². The first-order valence-corrected chi connectivity index (χ1v) is 3.92. The van der Waals surface area contributed by atoms with Crippen LogP contribution in [0.2, 0.25) is 0 Å². The van der Waals surface area contributed by atoms with E-state index in [9.17, 15) is 8.78 Å². The number of hydrazine groups is 1. The molecule has 0 radical (unpaired) electrons. The second-order valence-electron chi connectivity index (χ2n) is 3.92. The second-order valence-corrected chi connectivity index (χ2v) is 3.92. The van der Waals surface area contributed by atoms with Crippen LogP contribution in [0.3, 0.4) is 0 Å². The summed E-state index contributed by atoms with van der Waals surface area (Å²) in [5, 5.41) is 0.848. The molecule has 70 valence electrons. The van der Waals surface area contributed by atoms with Gasteiger partial charge in [0.15, 0.2) is 0 Å². The van der Waals surface area contributed by atoms with E-state index in [1.165, 1.54) is 6.20 Å². The molecule has 12 heavy (non-hydrogen) atoms. The lowest BCUT2D eigenvalue weighted by atomic mass is 9.87. The third-order valence-corrected chi connectivity index (χ3v) is 1.92. The molecule has 0 bridgehead atoms. The van der Waals surface area contributed by atoms with Gasteiger partial charge in [-0.2, -0.15) is 8.78 Å². The molecule has 0 aromatic carbocycles. The fourth-order valence-corrected chi connectivity index (χ4v) is 1.02. The van der Waals surface area contributed by atoms with Crippen LogP contribution in [0.4, 0.5) is 8.78 Å². The number of nitrogens with zero attached hydrogens (tertiary/aromatic N) is 1. The molecule has 1 N–H and O–H groups in total. The predicted molar refractivity (Wildman–Crippen MR) is 43.4 cm³/mol. The molecule has 0 aromatic rings. The summed E-state index contributed by atoms with van der Waals surface area (Å²) >= 11 is 0. The monoisotopic (exact) mass is 176 g/mol. The van der Waals surface area contributed by atoms with Crippen LogP contribution in [-0.4, -0.2) is 18.1 Å². The molecule has 0 aliphatic carbocycles. The molecule has 1 rings (SSSR count). The van der Waals surface area contributed by atoms with Crippen LogP contribution in [-0.2, 0) is 0 Å². The highest BCUT2D eigenvalue weighted by Gasteiger charge is 2.25. The Labute approximate surface area is 71.2 Å². The molecule has 0 saturated heterocycles. The van der Waals surface area contributed by atoms with Gasteiger partial charge >= 0.3 is 6.55 Å². The van der Waals surface area contributed by atoms with E-state index in [2.05, 4.69) is 5.43 Å². The van der Waals surface area contributed by atoms with Crippen molar-refractivity contribution in [3.05, 3.63) is 11.8 Å². The standard InChI is InChI=1S/C8H14F2N2/c1-8(2,3)6-4-11-12(5-6)7(9)10/h5,7,11H,4H2,1-3H3. The van der Waals surface area contributed by atoms with E-state index in [1.807, 2.05) is 20.8 Å². The van der Waals surface area contributed by atoms with Crippen LogP contribution in [0.15, 0.2) is 11.8 Å². The number of halogens is 2. The summed E-state index contributed by atoms with van der Waals surface area (Å²) in [6, 6.07) is 0. The maximum absolute atomic E-state index is 12.1. The summed E-state index contributed by atoms with van der Waals surface area (Å²) < 4.78 is 24.2. The molecule has 2 nitrogen and oxygen atoms in total. The van der Waals surface area contributed by atoms with Crippen molar-refractivity contribution in [2.24, 2.45) is 5.41 Å². The highest BCUT2D eigenvalue weighted by Crippen LogP contribution is 2.27. The van der Waals surface area contributed by atoms with Crippen LogP contribution in [0.5, 0.6) is 0 Å². The lowest BCUT2D eigenvalue weighted by Gasteiger charge is -2.18. The lowest BCUT2D eigenvalue weighted by molar-refractivity contribution is -0.0170. The zero-order valence-corrected chi connectivity index (χ0v) is 7.56. The Morgan fingerprint density at radius 1 is 1.50 bits per heavy atom. The molecule has 0 fully saturated rings. The Morgan fingerprint density at radius 2 is 2.08 bits per heavy atom. The third-order valence-electron chi connectivity index (χ3n) is 1.92. The van der Waals surface area contributed by atoms with E-state index < -0.39 is 6.55 Å². The molecule has 0 unspecified atom stereocenters. The van der Waals surface area contributed by atoms with E-state index in [-0.39, 0.29) is 5.41 Å². The van der Waals surface area contributed by atoms with Gasteiger partial charge in [0.2, 0.25) is 0 Å². The summed E-state index contributed by atoms with van der Waals surface area (Å²) in [4.78, 5) is 0. The van der Waals surface area contributed by atoms with Crippen molar-refractivity contribution < 1.29 is 8.78 Å². The smallest absolute Gasteiger partial charge is 0.256 e. The van der Waals surface area contributed by atoms with Gasteiger partial charge in [-0.05, 0) is 11.0 Å². The Balaban J connectivity index is 2.66. The molecule has 4 heteroatoms. The molecule has 0 atom stereocenters. The van der Waals surface area contributed by atoms with Crippen molar-refractivity contribution in [1.29, 1.82) is 0 Å². The van der Waals surface area contributed by atoms with Gasteiger partial charge in [0.1, 0.15) is 0 Å². The molecule has 0 amide bonds. The van der Waals surface area contributed by atoms with Crippen molar-refractivity contribution in [3.63, 3.8) is 0 Å². The quantitative estimate of drug-likeness (QED) is 0.614. The minimum Gasteiger partial charge on any atom is -0.256 e. The average Bonchev–Trinajstić information content (AvgIpc) is 2.30. The lowest BCUT2D eigenvalue weighted by Crippen LogP contribution is -2.33. The van der Waals surface area contributed by atoms with Crippen LogP contribution in [0.1, 0.15) is 20.8 Å². The van der Waals surface area contributed by atoms with Gasteiger partial charge in [-0.25, -0.2) is 5.43 Å². The molecule has 1 aliphatic heterocycles. The Hall–Kier alpha value is -0.640. The summed E-state index contributed by atoms with van der Waals surface area (Å²) in [5.41, 5.74) is 3.57. The van der Waals surface area contributed by atoms with Gasteiger partial charge in [-0.15, -0.1) is 0 Å². The van der Waals surface area contributed by atoms with Crippen molar-refractivity contribution in [2.45, 2.75) is 27.3 Å². The fourth-order valence-electron chi connectivity index (χ4n) is 1.02. The molecular formula is C8H14F2N2. The van der Waals surface area contributed by atoms with E-state index in [1.54, 1.807) is 0 Å². The number of nitrogens with one attached hydrogen (secondary N) is 1. The zero-order chi connectivity index (χ0) is 9.35. The molecule has 0 aromatic heterocycles. The molecule has 0 spiro atoms. The highest BCUT2D eigenvalue weighted by molar-refractivity contribution is 5.15. The molecule has 1 aliphatic rings. The molecule has 1 heterocycles. The number of hydrogen-bond acceptors (Lipinski definition) is 2. The summed E-state index contributed by atoms with van der Waals surface area (Å²) in [6.45, 7) is 4.10. The van der Waals surface area contributed by atoms with E-state index in [0.717, 1.165) is 10.6 Å². The molecular weight excluding hydrogens is 162 g/mol. The third kappa shape index (κ3) is 1.94. The van der Waals surface area contributed by atoms with Gasteiger partial charge in [0.25, 0.3) is 0 Å². The van der Waals surface area contributed by atoms with E-state index in [0.29, 0.717) is 6.54 Å². The van der Waals surface area contributed by atoms with Gasteiger partial charge < -0.3 is 0 Å². The van der Waals surface area contributed by atoms with Gasteiger partial charge in [-0.3, -0.25) is 5.01 Å². The zero-order valence-electron chi connectivity index (χ0n) is 7.56. The van der Waals surface area contributed by atoms with Crippen LogP contribution < -0.4 is 5.43 Å². The maximum Gasteiger partial charge on any atom is 0.327 e. The van der Waals surface area contributed by atoms with Crippen LogP contribution >= 0.6 is 0 Å². The largest absolute Gasteiger partial charge is 0.327 e. The van der Waals surface area contributed by atoms with Gasteiger partial charge in [-0.1, -0.05) is 20.8 Å². The number of hydrogen-bond donors (Lipinski definition) is 1. The molecule has 0 saturated carbocycles. The van der Waals surface area contributed by atoms with Crippen LogP contribution in [0.25, 0.3) is 0 Å². The van der Waals surface area contributed by atoms with Gasteiger partial charge in [0.05, 0.1) is 0 Å². The number of rotatable bonds is 1. The Morgan fingerprint density at radius 3 is 2.33 bits per heavy atom. The maximum atomic E-state index is 12.1. The minimum atomic E-state index is -2.45. The Bertz CT molecular complexity index is 194. The Kier molecular flexibility index (Phi) is 2.37. The number of alkyl halides is 2.